The Morgan fingerprint density at radius 3 is 0.972 bits per heavy atom. The van der Waals surface area contributed by atoms with Gasteiger partial charge in [-0.3, -0.25) is 9.13 Å². The molecule has 0 aliphatic rings. The third-order valence-corrected chi connectivity index (χ3v) is 14.9. The van der Waals surface area contributed by atoms with Crippen LogP contribution in [0.5, 0.6) is 0 Å². The predicted octanol–water partition coefficient (Wildman–Crippen LogP) is 16.5. The number of rotatable bonds is 5. The SMILES string of the molecule is CC(C)(C)c1ccc2c(c1)c1cc(-n3c4ccccc4c4ccccc43)ccc1n2-c1nc(-c2ccccc2)nc(-n2c3ccc(-n4c5ccccc5c5ccccc54)cc3c3cc(C(C)(C)C)ccc32)n1. The van der Waals surface area contributed by atoms with Crippen molar-refractivity contribution in [1.29, 1.82) is 0 Å². The van der Waals surface area contributed by atoms with Crippen LogP contribution < -0.4 is 0 Å². The summed E-state index contributed by atoms with van der Waals surface area (Å²) in [6.45, 7) is 13.7. The molecule has 5 heterocycles. The van der Waals surface area contributed by atoms with Crippen LogP contribution in [-0.4, -0.2) is 33.2 Å². The normalized spacial score (nSPS) is 12.6. The van der Waals surface area contributed by atoms with Crippen molar-refractivity contribution in [2.75, 3.05) is 0 Å². The van der Waals surface area contributed by atoms with Crippen LogP contribution in [0.15, 0.2) is 200 Å². The molecule has 14 aromatic rings. The highest BCUT2D eigenvalue weighted by Gasteiger charge is 2.25. The van der Waals surface area contributed by atoms with E-state index in [2.05, 4.69) is 242 Å². The summed E-state index contributed by atoms with van der Waals surface area (Å²) in [7, 11) is 0. The van der Waals surface area contributed by atoms with Crippen LogP contribution in [0.1, 0.15) is 52.7 Å². The number of fused-ring (bicyclic) bond motifs is 12. The lowest BCUT2D eigenvalue weighted by Crippen LogP contribution is -2.12. The van der Waals surface area contributed by atoms with Gasteiger partial charge in [0.1, 0.15) is 0 Å². The average Bonchev–Trinajstić information content (AvgIpc) is 4.12. The van der Waals surface area contributed by atoms with Gasteiger partial charge in [0.2, 0.25) is 11.9 Å². The van der Waals surface area contributed by atoms with E-state index in [9.17, 15) is 0 Å². The highest BCUT2D eigenvalue weighted by atomic mass is 15.3. The predicted molar refractivity (Wildman–Crippen MR) is 300 cm³/mol. The van der Waals surface area contributed by atoms with Gasteiger partial charge in [0.05, 0.1) is 44.1 Å². The second-order valence-corrected chi connectivity index (χ2v) is 21.4. The minimum atomic E-state index is -0.0708. The number of para-hydroxylation sites is 4. The van der Waals surface area contributed by atoms with Gasteiger partial charge in [0.15, 0.2) is 5.82 Å². The molecule has 0 bridgehead atoms. The van der Waals surface area contributed by atoms with Crippen molar-refractivity contribution in [3.8, 4) is 34.7 Å². The molecule has 9 aromatic carbocycles. The van der Waals surface area contributed by atoms with E-state index in [4.69, 9.17) is 15.0 Å². The van der Waals surface area contributed by atoms with Gasteiger partial charge >= 0.3 is 0 Å². The summed E-state index contributed by atoms with van der Waals surface area (Å²) >= 11 is 0. The summed E-state index contributed by atoms with van der Waals surface area (Å²) in [5.74, 6) is 1.70. The van der Waals surface area contributed by atoms with Crippen molar-refractivity contribution in [2.24, 2.45) is 0 Å². The molecule has 7 nitrogen and oxygen atoms in total. The van der Waals surface area contributed by atoms with Gasteiger partial charge in [-0.1, -0.05) is 157 Å². The summed E-state index contributed by atoms with van der Waals surface area (Å²) < 4.78 is 9.29. The molecule has 0 atom stereocenters. The maximum atomic E-state index is 5.59. The van der Waals surface area contributed by atoms with Crippen molar-refractivity contribution < 1.29 is 0 Å². The third kappa shape index (κ3) is 6.33. The molecule has 5 aromatic heterocycles. The summed E-state index contributed by atoms with van der Waals surface area (Å²) in [6, 6.07) is 72.6. The fourth-order valence-electron chi connectivity index (χ4n) is 11.3. The minimum absolute atomic E-state index is 0.0708. The molecule has 0 aliphatic heterocycles. The summed E-state index contributed by atoms with van der Waals surface area (Å²) in [5.41, 5.74) is 14.3. The van der Waals surface area contributed by atoms with Crippen LogP contribution >= 0.6 is 0 Å². The largest absolute Gasteiger partial charge is 0.309 e. The number of aromatic nitrogens is 7. The zero-order chi connectivity index (χ0) is 48.6. The zero-order valence-corrected chi connectivity index (χ0v) is 41.2. The van der Waals surface area contributed by atoms with Gasteiger partial charge < -0.3 is 9.13 Å². The third-order valence-electron chi connectivity index (χ3n) is 14.9. The van der Waals surface area contributed by atoms with Gasteiger partial charge in [-0.05, 0) is 107 Å². The fraction of sp³-hybridized carbons (Fsp3) is 0.123. The molecule has 7 heteroatoms. The highest BCUT2D eigenvalue weighted by Crippen LogP contribution is 2.41. The zero-order valence-electron chi connectivity index (χ0n) is 41.2. The molecule has 0 saturated carbocycles. The molecule has 0 spiro atoms. The number of benzene rings is 9. The van der Waals surface area contributed by atoms with E-state index >= 15 is 0 Å². The Hall–Kier alpha value is -8.81. The van der Waals surface area contributed by atoms with E-state index in [-0.39, 0.29) is 10.8 Å². The molecule has 0 aliphatic carbocycles. The Morgan fingerprint density at radius 1 is 0.278 bits per heavy atom. The van der Waals surface area contributed by atoms with Crippen LogP contribution in [0.4, 0.5) is 0 Å². The summed E-state index contributed by atoms with van der Waals surface area (Å²) in [5, 5.41) is 9.49. The minimum Gasteiger partial charge on any atom is -0.309 e. The van der Waals surface area contributed by atoms with Crippen molar-refractivity contribution >= 4 is 87.2 Å². The molecule has 346 valence electrons. The van der Waals surface area contributed by atoms with Crippen molar-refractivity contribution in [1.82, 2.24) is 33.2 Å². The van der Waals surface area contributed by atoms with Crippen LogP contribution in [0.2, 0.25) is 0 Å². The molecule has 14 rings (SSSR count). The smallest absolute Gasteiger partial charge is 0.240 e. The van der Waals surface area contributed by atoms with E-state index in [0.717, 1.165) is 60.5 Å². The van der Waals surface area contributed by atoms with E-state index in [1.807, 2.05) is 18.2 Å². The lowest BCUT2D eigenvalue weighted by molar-refractivity contribution is 0.591. The molecular weight excluding hydrogens is 879 g/mol. The first-order valence-electron chi connectivity index (χ1n) is 24.9. The number of hydrogen-bond acceptors (Lipinski definition) is 3. The van der Waals surface area contributed by atoms with Crippen LogP contribution in [0.3, 0.4) is 0 Å². The van der Waals surface area contributed by atoms with Crippen molar-refractivity contribution in [3.05, 3.63) is 211 Å². The summed E-state index contributed by atoms with van der Waals surface area (Å²) in [4.78, 5) is 16.4. The fourth-order valence-corrected chi connectivity index (χ4v) is 11.3. The molecular formula is C65H51N7. The molecule has 72 heavy (non-hydrogen) atoms. The quantitative estimate of drug-likeness (QED) is 0.173. The topological polar surface area (TPSA) is 58.4 Å². The Morgan fingerprint density at radius 2 is 0.597 bits per heavy atom. The van der Waals surface area contributed by atoms with Gasteiger partial charge in [0, 0.05) is 60.0 Å². The molecule has 0 N–H and O–H groups in total. The molecule has 0 saturated heterocycles. The maximum absolute atomic E-state index is 5.59. The summed E-state index contributed by atoms with van der Waals surface area (Å²) in [6.07, 6.45) is 0. The second kappa shape index (κ2) is 15.3. The van der Waals surface area contributed by atoms with E-state index in [1.165, 1.54) is 54.7 Å². The first-order chi connectivity index (χ1) is 35.0. The number of nitrogens with zero attached hydrogens (tertiary/aromatic N) is 7. The van der Waals surface area contributed by atoms with Crippen LogP contribution in [-0.2, 0) is 10.8 Å². The Balaban J connectivity index is 1.05. The Bertz CT molecular complexity index is 4150. The van der Waals surface area contributed by atoms with Gasteiger partial charge in [-0.15, -0.1) is 0 Å². The molecule has 0 radical (unpaired) electrons. The van der Waals surface area contributed by atoms with Gasteiger partial charge in [-0.25, -0.2) is 0 Å². The van der Waals surface area contributed by atoms with Gasteiger partial charge in [0.25, 0.3) is 0 Å². The van der Waals surface area contributed by atoms with Crippen LogP contribution in [0.25, 0.3) is 122 Å². The monoisotopic (exact) mass is 929 g/mol. The van der Waals surface area contributed by atoms with Crippen molar-refractivity contribution in [3.63, 3.8) is 0 Å². The standard InChI is InChI=1S/C65H51N7/c1-64(2,3)41-28-32-57-49(36-41)51-38-43(69-53-24-14-10-20-45(53)46-21-11-15-25-54(46)69)30-34-59(51)71(57)62-66-61(40-18-8-7-9-19-40)67-63(68-62)72-58-33-29-42(65(4,5)6)37-50(58)52-39-44(31-35-60(52)72)70-55-26-16-12-22-47(55)48-23-13-17-27-56(48)70/h7-39H,1-6H3. The Kier molecular flexibility index (Phi) is 8.97. The second-order valence-electron chi connectivity index (χ2n) is 21.4. The first-order valence-corrected chi connectivity index (χ1v) is 24.9. The molecule has 0 unspecified atom stereocenters. The first kappa shape index (κ1) is 42.1. The Labute approximate surface area is 416 Å². The van der Waals surface area contributed by atoms with Crippen LogP contribution in [0, 0.1) is 0 Å². The van der Waals surface area contributed by atoms with E-state index in [1.54, 1.807) is 0 Å². The van der Waals surface area contributed by atoms with Crippen molar-refractivity contribution in [2.45, 2.75) is 52.4 Å². The average molecular weight is 930 g/mol. The van der Waals surface area contributed by atoms with E-state index < -0.39 is 0 Å². The maximum Gasteiger partial charge on any atom is 0.240 e. The molecule has 0 fully saturated rings. The lowest BCUT2D eigenvalue weighted by atomic mass is 9.86. The highest BCUT2D eigenvalue weighted by molar-refractivity contribution is 6.14. The number of hydrogen-bond donors (Lipinski definition) is 0. The lowest BCUT2D eigenvalue weighted by Gasteiger charge is -2.19. The molecule has 0 amide bonds. The van der Waals surface area contributed by atoms with Gasteiger partial charge in [-0.2, -0.15) is 15.0 Å². The van der Waals surface area contributed by atoms with E-state index in [0.29, 0.717) is 17.7 Å².